The largest absolute Gasteiger partial charge is 0.459 e. The molecule has 2 aromatic rings. The fraction of sp³-hybridized carbons (Fsp3) is 0.444. The van der Waals surface area contributed by atoms with E-state index in [1.165, 1.54) is 6.42 Å². The zero-order valence-electron chi connectivity index (χ0n) is 13.2. The third kappa shape index (κ3) is 3.21. The Hall–Kier alpha value is -2.10. The molecule has 0 aliphatic heterocycles. The number of aromatic nitrogens is 2. The van der Waals surface area contributed by atoms with Gasteiger partial charge in [-0.25, -0.2) is 9.48 Å². The first-order chi connectivity index (χ1) is 10.6. The van der Waals surface area contributed by atoms with Crippen LogP contribution in [0.1, 0.15) is 53.8 Å². The van der Waals surface area contributed by atoms with Crippen molar-refractivity contribution in [1.82, 2.24) is 9.78 Å². The number of benzene rings is 1. The third-order valence-corrected chi connectivity index (χ3v) is 4.18. The van der Waals surface area contributed by atoms with Crippen LogP contribution in [0.25, 0.3) is 5.69 Å². The first-order valence-corrected chi connectivity index (χ1v) is 7.98. The smallest absolute Gasteiger partial charge is 0.338 e. The van der Waals surface area contributed by atoms with E-state index in [9.17, 15) is 4.79 Å². The van der Waals surface area contributed by atoms with Gasteiger partial charge in [-0.1, -0.05) is 6.42 Å². The summed E-state index contributed by atoms with van der Waals surface area (Å²) < 4.78 is 7.47. The van der Waals surface area contributed by atoms with Crippen molar-refractivity contribution in [3.8, 4) is 5.69 Å². The van der Waals surface area contributed by atoms with E-state index in [-0.39, 0.29) is 12.1 Å². The van der Waals surface area contributed by atoms with Gasteiger partial charge in [0, 0.05) is 5.69 Å². The quantitative estimate of drug-likeness (QED) is 0.805. The Bertz CT molecular complexity index is 652. The van der Waals surface area contributed by atoms with Crippen molar-refractivity contribution in [2.75, 3.05) is 0 Å². The molecule has 4 heteroatoms. The van der Waals surface area contributed by atoms with Crippen molar-refractivity contribution in [2.45, 2.75) is 52.1 Å². The Morgan fingerprint density at radius 1 is 1.14 bits per heavy atom. The summed E-state index contributed by atoms with van der Waals surface area (Å²) in [6.07, 6.45) is 5.66. The SMILES string of the molecule is Cc1cc(C)n(-c2ccc(C(=O)OC3CCCCC3)cc2)n1. The Kier molecular flexibility index (Phi) is 4.27. The summed E-state index contributed by atoms with van der Waals surface area (Å²) in [6, 6.07) is 9.49. The summed E-state index contributed by atoms with van der Waals surface area (Å²) in [5, 5.41) is 4.45. The fourth-order valence-electron chi connectivity index (χ4n) is 3.03. The summed E-state index contributed by atoms with van der Waals surface area (Å²) >= 11 is 0. The molecule has 1 heterocycles. The molecule has 0 bridgehead atoms. The highest BCUT2D eigenvalue weighted by molar-refractivity contribution is 5.89. The number of hydrogen-bond donors (Lipinski definition) is 0. The molecule has 3 rings (SSSR count). The minimum Gasteiger partial charge on any atom is -0.459 e. The molecule has 0 amide bonds. The molecule has 1 saturated carbocycles. The number of rotatable bonds is 3. The minimum atomic E-state index is -0.216. The number of carbonyl (C=O) groups excluding carboxylic acids is 1. The predicted octanol–water partition coefficient (Wildman–Crippen LogP) is 3.98. The average molecular weight is 298 g/mol. The van der Waals surface area contributed by atoms with Crippen LogP contribution in [0.3, 0.4) is 0 Å². The summed E-state index contributed by atoms with van der Waals surface area (Å²) in [5.41, 5.74) is 3.63. The average Bonchev–Trinajstić information content (AvgIpc) is 2.87. The summed E-state index contributed by atoms with van der Waals surface area (Å²) in [6.45, 7) is 3.99. The highest BCUT2D eigenvalue weighted by Gasteiger charge is 2.18. The maximum Gasteiger partial charge on any atom is 0.338 e. The van der Waals surface area contributed by atoms with E-state index in [0.717, 1.165) is 42.8 Å². The standard InChI is InChI=1S/C18H22N2O2/c1-13-12-14(2)20(19-13)16-10-8-15(9-11-16)18(21)22-17-6-4-3-5-7-17/h8-12,17H,3-7H2,1-2H3. The van der Waals surface area contributed by atoms with E-state index in [1.807, 2.05) is 48.9 Å². The lowest BCUT2D eigenvalue weighted by atomic mass is 9.98. The molecule has 1 aliphatic carbocycles. The normalized spacial score (nSPS) is 15.7. The highest BCUT2D eigenvalue weighted by Crippen LogP contribution is 2.22. The van der Waals surface area contributed by atoms with Gasteiger partial charge in [-0.2, -0.15) is 5.10 Å². The van der Waals surface area contributed by atoms with Crippen molar-refractivity contribution in [1.29, 1.82) is 0 Å². The summed E-state index contributed by atoms with van der Waals surface area (Å²) in [5.74, 6) is -0.216. The molecule has 22 heavy (non-hydrogen) atoms. The molecule has 1 aliphatic rings. The second kappa shape index (κ2) is 6.34. The predicted molar refractivity (Wildman–Crippen MR) is 85.3 cm³/mol. The van der Waals surface area contributed by atoms with E-state index < -0.39 is 0 Å². The molecular weight excluding hydrogens is 276 g/mol. The van der Waals surface area contributed by atoms with Gasteiger partial charge < -0.3 is 4.74 Å². The zero-order valence-corrected chi connectivity index (χ0v) is 13.2. The van der Waals surface area contributed by atoms with Crippen molar-refractivity contribution < 1.29 is 9.53 Å². The molecule has 0 atom stereocenters. The highest BCUT2D eigenvalue weighted by atomic mass is 16.5. The first kappa shape index (κ1) is 14.8. The molecule has 0 saturated heterocycles. The number of esters is 1. The van der Waals surface area contributed by atoms with Crippen LogP contribution in [0, 0.1) is 13.8 Å². The van der Waals surface area contributed by atoms with Gasteiger partial charge in [0.1, 0.15) is 6.10 Å². The van der Waals surface area contributed by atoms with E-state index in [2.05, 4.69) is 5.10 Å². The second-order valence-electron chi connectivity index (χ2n) is 6.05. The topological polar surface area (TPSA) is 44.1 Å². The van der Waals surface area contributed by atoms with Crippen molar-refractivity contribution in [3.05, 3.63) is 47.3 Å². The van der Waals surface area contributed by atoms with Crippen LogP contribution in [-0.4, -0.2) is 21.9 Å². The first-order valence-electron chi connectivity index (χ1n) is 7.98. The monoisotopic (exact) mass is 298 g/mol. The second-order valence-corrected chi connectivity index (χ2v) is 6.05. The number of nitrogens with zero attached hydrogens (tertiary/aromatic N) is 2. The zero-order chi connectivity index (χ0) is 15.5. The molecule has 0 spiro atoms. The van der Waals surface area contributed by atoms with Crippen LogP contribution in [0.5, 0.6) is 0 Å². The fourth-order valence-corrected chi connectivity index (χ4v) is 3.03. The number of ether oxygens (including phenoxy) is 1. The maximum atomic E-state index is 12.2. The molecule has 116 valence electrons. The molecule has 0 N–H and O–H groups in total. The van der Waals surface area contributed by atoms with Gasteiger partial charge in [-0.3, -0.25) is 0 Å². The van der Waals surface area contributed by atoms with Crippen LogP contribution in [-0.2, 0) is 4.74 Å². The third-order valence-electron chi connectivity index (χ3n) is 4.18. The van der Waals surface area contributed by atoms with Gasteiger partial charge in [0.05, 0.1) is 16.9 Å². The Labute approximate surface area is 131 Å². The Balaban J connectivity index is 1.70. The molecule has 4 nitrogen and oxygen atoms in total. The van der Waals surface area contributed by atoms with Crippen LogP contribution in [0.2, 0.25) is 0 Å². The van der Waals surface area contributed by atoms with Crippen molar-refractivity contribution in [2.24, 2.45) is 0 Å². The van der Waals surface area contributed by atoms with Crippen LogP contribution < -0.4 is 0 Å². The maximum absolute atomic E-state index is 12.2. The lowest BCUT2D eigenvalue weighted by Gasteiger charge is -2.21. The summed E-state index contributed by atoms with van der Waals surface area (Å²) in [4.78, 5) is 12.2. The summed E-state index contributed by atoms with van der Waals surface area (Å²) in [7, 11) is 0. The Morgan fingerprint density at radius 2 is 1.82 bits per heavy atom. The van der Waals surface area contributed by atoms with Gasteiger partial charge in [0.25, 0.3) is 0 Å². The molecule has 0 unspecified atom stereocenters. The number of aryl methyl sites for hydroxylation is 2. The molecular formula is C18H22N2O2. The van der Waals surface area contributed by atoms with Crippen LogP contribution >= 0.6 is 0 Å². The number of hydrogen-bond acceptors (Lipinski definition) is 3. The van der Waals surface area contributed by atoms with Gasteiger partial charge in [0.15, 0.2) is 0 Å². The Morgan fingerprint density at radius 3 is 2.41 bits per heavy atom. The van der Waals surface area contributed by atoms with E-state index in [4.69, 9.17) is 4.74 Å². The molecule has 1 aromatic carbocycles. The minimum absolute atomic E-state index is 0.0944. The van der Waals surface area contributed by atoms with Crippen molar-refractivity contribution in [3.63, 3.8) is 0 Å². The van der Waals surface area contributed by atoms with Gasteiger partial charge in [0.2, 0.25) is 0 Å². The van der Waals surface area contributed by atoms with E-state index >= 15 is 0 Å². The lowest BCUT2D eigenvalue weighted by molar-refractivity contribution is 0.0211. The molecule has 1 fully saturated rings. The number of carbonyl (C=O) groups is 1. The van der Waals surface area contributed by atoms with Gasteiger partial charge in [-0.15, -0.1) is 0 Å². The van der Waals surface area contributed by atoms with Gasteiger partial charge >= 0.3 is 5.97 Å². The molecule has 0 radical (unpaired) electrons. The van der Waals surface area contributed by atoms with Gasteiger partial charge in [-0.05, 0) is 69.9 Å². The lowest BCUT2D eigenvalue weighted by Crippen LogP contribution is -2.20. The van der Waals surface area contributed by atoms with Crippen LogP contribution in [0.4, 0.5) is 0 Å². The van der Waals surface area contributed by atoms with E-state index in [1.54, 1.807) is 0 Å². The van der Waals surface area contributed by atoms with Crippen LogP contribution in [0.15, 0.2) is 30.3 Å². The van der Waals surface area contributed by atoms with Crippen molar-refractivity contribution >= 4 is 5.97 Å². The molecule has 1 aromatic heterocycles. The van der Waals surface area contributed by atoms with E-state index in [0.29, 0.717) is 5.56 Å².